The predicted octanol–water partition coefficient (Wildman–Crippen LogP) is 6.61. The second kappa shape index (κ2) is 13.0. The van der Waals surface area contributed by atoms with Gasteiger partial charge >= 0.3 is 12.1 Å². The first-order chi connectivity index (χ1) is 22.9. The summed E-state index contributed by atoms with van der Waals surface area (Å²) in [4.78, 5) is 38.9. The molecule has 248 valence electrons. The number of anilines is 1. The van der Waals surface area contributed by atoms with Gasteiger partial charge in [-0.2, -0.15) is 13.2 Å². The number of carboxylic acid groups (broad SMARTS) is 1. The molecular weight excluding hydrogens is 634 g/mol. The van der Waals surface area contributed by atoms with Crippen molar-refractivity contribution >= 4 is 29.5 Å². The summed E-state index contributed by atoms with van der Waals surface area (Å²) in [6.45, 7) is 0. The minimum absolute atomic E-state index is 0.132. The van der Waals surface area contributed by atoms with Crippen LogP contribution in [-0.4, -0.2) is 41.2 Å². The van der Waals surface area contributed by atoms with Crippen molar-refractivity contribution in [3.63, 3.8) is 0 Å². The van der Waals surface area contributed by atoms with E-state index in [-0.39, 0.29) is 35.3 Å². The molecule has 0 spiro atoms. The Kier molecular flexibility index (Phi) is 8.78. The molecule has 2 bridgehead atoms. The number of hydrogen-bond donors (Lipinski definition) is 3. The molecule has 1 heterocycles. The highest BCUT2D eigenvalue weighted by Gasteiger charge is 2.54. The van der Waals surface area contributed by atoms with Gasteiger partial charge in [-0.3, -0.25) is 14.4 Å². The Morgan fingerprint density at radius 2 is 1.75 bits per heavy atom. The quantitative estimate of drug-likeness (QED) is 0.172. The number of hydrogen-bond acceptors (Lipinski definition) is 6. The van der Waals surface area contributed by atoms with E-state index < -0.39 is 47.3 Å². The van der Waals surface area contributed by atoms with Gasteiger partial charge in [0.1, 0.15) is 17.8 Å². The van der Waals surface area contributed by atoms with Crippen LogP contribution in [0.5, 0.6) is 5.75 Å². The molecule has 9 nitrogen and oxygen atoms in total. The number of alkyl halides is 3. The third-order valence-electron chi connectivity index (χ3n) is 8.91. The van der Waals surface area contributed by atoms with Crippen molar-refractivity contribution in [2.24, 2.45) is 17.8 Å². The largest absolute Gasteiger partial charge is 0.496 e. The number of carbonyl (C=O) groups excluding carboxylic acids is 2. The maximum Gasteiger partial charge on any atom is 0.419 e. The topological polar surface area (TPSA) is 131 Å². The number of benzene rings is 3. The fourth-order valence-electron chi connectivity index (χ4n) is 6.80. The van der Waals surface area contributed by atoms with Crippen LogP contribution >= 0.6 is 0 Å². The number of nitrogens with zero attached hydrogens (tertiary/aromatic N) is 1. The van der Waals surface area contributed by atoms with E-state index in [4.69, 9.17) is 14.4 Å². The van der Waals surface area contributed by atoms with Crippen LogP contribution in [0.25, 0.3) is 17.2 Å². The Morgan fingerprint density at radius 1 is 1.02 bits per heavy atom. The van der Waals surface area contributed by atoms with Crippen molar-refractivity contribution < 1.29 is 46.3 Å². The number of amides is 2. The van der Waals surface area contributed by atoms with Crippen molar-refractivity contribution in [2.45, 2.75) is 31.5 Å². The minimum Gasteiger partial charge on any atom is -0.496 e. The molecule has 0 saturated heterocycles. The van der Waals surface area contributed by atoms with Crippen LogP contribution in [0.2, 0.25) is 0 Å². The number of aromatic nitrogens is 1. The van der Waals surface area contributed by atoms with Crippen LogP contribution in [0.1, 0.15) is 39.9 Å². The van der Waals surface area contributed by atoms with Gasteiger partial charge in [-0.1, -0.05) is 47.1 Å². The van der Waals surface area contributed by atoms with E-state index in [1.165, 1.54) is 19.6 Å². The van der Waals surface area contributed by atoms with Crippen LogP contribution in [-0.2, 0) is 22.2 Å². The third-order valence-corrected chi connectivity index (χ3v) is 8.91. The van der Waals surface area contributed by atoms with Crippen LogP contribution in [0, 0.1) is 23.6 Å². The molecular formula is C35H29F4N3O6. The first-order valence-corrected chi connectivity index (χ1v) is 15.0. The van der Waals surface area contributed by atoms with Gasteiger partial charge in [0.2, 0.25) is 5.91 Å². The average molecular weight is 664 g/mol. The number of carboxylic acids is 1. The predicted molar refractivity (Wildman–Crippen MR) is 165 cm³/mol. The van der Waals surface area contributed by atoms with Crippen molar-refractivity contribution in [2.75, 3.05) is 12.4 Å². The molecule has 2 amide bonds. The van der Waals surface area contributed by atoms with E-state index in [1.54, 1.807) is 42.5 Å². The lowest BCUT2D eigenvalue weighted by Gasteiger charge is -2.30. The maximum absolute atomic E-state index is 14.0. The first-order valence-electron chi connectivity index (χ1n) is 15.0. The fraction of sp³-hybridized carbons (Fsp3) is 0.257. The van der Waals surface area contributed by atoms with E-state index in [0.29, 0.717) is 41.7 Å². The van der Waals surface area contributed by atoms with Gasteiger partial charge in [0.25, 0.3) is 5.91 Å². The van der Waals surface area contributed by atoms with Gasteiger partial charge in [0.05, 0.1) is 36.8 Å². The molecule has 2 aliphatic carbocycles. The van der Waals surface area contributed by atoms with Crippen molar-refractivity contribution in [1.29, 1.82) is 0 Å². The number of fused-ring (bicyclic) bond motifs is 2. The van der Waals surface area contributed by atoms with E-state index in [1.807, 2.05) is 6.08 Å². The molecule has 1 aromatic heterocycles. The highest BCUT2D eigenvalue weighted by Crippen LogP contribution is 2.53. The summed E-state index contributed by atoms with van der Waals surface area (Å²) in [5.41, 5.74) is 1.99. The van der Waals surface area contributed by atoms with Crippen molar-refractivity contribution in [3.8, 4) is 16.9 Å². The number of rotatable bonds is 9. The average Bonchev–Trinajstić information content (AvgIpc) is 3.78. The summed E-state index contributed by atoms with van der Waals surface area (Å²) in [5, 5.41) is 18.3. The molecule has 2 saturated carbocycles. The van der Waals surface area contributed by atoms with Gasteiger partial charge in [-0.15, -0.1) is 0 Å². The van der Waals surface area contributed by atoms with E-state index in [9.17, 15) is 31.9 Å². The summed E-state index contributed by atoms with van der Waals surface area (Å²) in [6, 6.07) is 13.4. The molecule has 4 aromatic rings. The summed E-state index contributed by atoms with van der Waals surface area (Å²) in [7, 11) is 1.41. The molecule has 0 radical (unpaired) electrons. The highest BCUT2D eigenvalue weighted by atomic mass is 19.4. The minimum atomic E-state index is -4.96. The molecule has 2 aliphatic rings. The van der Waals surface area contributed by atoms with Crippen LogP contribution in [0.15, 0.2) is 83.2 Å². The monoisotopic (exact) mass is 663 g/mol. The molecule has 13 heteroatoms. The zero-order valence-electron chi connectivity index (χ0n) is 25.4. The molecule has 0 aliphatic heterocycles. The van der Waals surface area contributed by atoms with E-state index in [2.05, 4.69) is 15.8 Å². The third kappa shape index (κ3) is 6.53. The molecule has 4 atom stereocenters. The Labute approximate surface area is 271 Å². The maximum atomic E-state index is 14.0. The number of nitrogens with one attached hydrogen (secondary N) is 2. The molecule has 2 fully saturated rings. The fourth-order valence-corrected chi connectivity index (χ4v) is 6.80. The summed E-state index contributed by atoms with van der Waals surface area (Å²) >= 11 is 0. The molecule has 48 heavy (non-hydrogen) atoms. The molecule has 3 N–H and O–H groups in total. The number of methoxy groups -OCH3 is 1. The van der Waals surface area contributed by atoms with Gasteiger partial charge in [0.15, 0.2) is 0 Å². The van der Waals surface area contributed by atoms with Crippen molar-refractivity contribution in [3.05, 3.63) is 107 Å². The zero-order chi connectivity index (χ0) is 34.2. The first kappa shape index (κ1) is 32.5. The Hall–Kier alpha value is -5.46. The molecule has 6 rings (SSSR count). The number of aliphatic carboxylic acids is 1. The Morgan fingerprint density at radius 3 is 2.42 bits per heavy atom. The number of ether oxygens (including phenoxy) is 1. The molecule has 3 aromatic carbocycles. The smallest absolute Gasteiger partial charge is 0.419 e. The van der Waals surface area contributed by atoms with Gasteiger partial charge < -0.3 is 25.0 Å². The van der Waals surface area contributed by atoms with Crippen LogP contribution in [0.4, 0.5) is 23.2 Å². The van der Waals surface area contributed by atoms with Gasteiger partial charge in [-0.05, 0) is 65.8 Å². The lowest BCUT2D eigenvalue weighted by molar-refractivity contribution is -0.140. The zero-order valence-corrected chi connectivity index (χ0v) is 25.4. The summed E-state index contributed by atoms with van der Waals surface area (Å²) in [6.07, 6.45) is 0.944. The second-order valence-corrected chi connectivity index (χ2v) is 11.8. The normalized spacial score (nSPS) is 20.9. The van der Waals surface area contributed by atoms with Crippen LogP contribution in [0.3, 0.4) is 0 Å². The van der Waals surface area contributed by atoms with Gasteiger partial charge in [0, 0.05) is 23.2 Å². The lowest BCUT2D eigenvalue weighted by Crippen LogP contribution is -2.48. The number of halogens is 4. The Bertz CT molecular complexity index is 1890. The number of carbonyl (C=O) groups is 3. The summed E-state index contributed by atoms with van der Waals surface area (Å²) < 4.78 is 64.6. The van der Waals surface area contributed by atoms with Gasteiger partial charge in [-0.25, -0.2) is 4.39 Å². The lowest BCUT2D eigenvalue weighted by atomic mass is 9.83. The Balaban J connectivity index is 1.31. The second-order valence-electron chi connectivity index (χ2n) is 11.8. The molecule has 2 unspecified atom stereocenters. The van der Waals surface area contributed by atoms with Crippen molar-refractivity contribution in [1.82, 2.24) is 10.5 Å². The van der Waals surface area contributed by atoms with E-state index >= 15 is 0 Å². The standard InChI is InChI=1S/C35H29F4N3O6/c1-47-29-11-6-21(20-4-2-18(3-5-20)13-30(43)44)14-26(29)33(45)42-32-24-9-8-23(25(24)12-19-16-40-48-17-19)31(32)34(46)41-22-7-10-28(36)27(15-22)35(37,38)39/h2-7,10-12,14-17,23-24,31-32H,8-9,13H2,1H3,(H,41,46)(H,42,45)(H,43,44)/b25-12-/t23?,24?,31-,32+/m0/s1. The van der Waals surface area contributed by atoms with Crippen LogP contribution < -0.4 is 15.4 Å². The highest BCUT2D eigenvalue weighted by molar-refractivity contribution is 6.00. The summed E-state index contributed by atoms with van der Waals surface area (Å²) in [5.74, 6) is -4.79. The van der Waals surface area contributed by atoms with E-state index in [0.717, 1.165) is 17.2 Å². The SMILES string of the molecule is COc1ccc(-c2ccc(CC(=O)O)cc2)cc1C(=O)N[C@@H]1C2CCC(/C2=C/c2cnoc2)[C@@H]1C(=O)Nc1ccc(F)c(C(F)(F)F)c1.